The first-order chi connectivity index (χ1) is 13.9. The van der Waals surface area contributed by atoms with E-state index < -0.39 is 0 Å². The second kappa shape index (κ2) is 10.7. The molecule has 0 aliphatic carbocycles. The number of nitriles is 1. The zero-order valence-corrected chi connectivity index (χ0v) is 19.2. The molecule has 2 aromatic rings. The minimum absolute atomic E-state index is 0.180. The lowest BCUT2D eigenvalue weighted by molar-refractivity contribution is -0.130. The molecular formula is C24H29ClN2OS. The number of likely N-dealkylation sites (tertiary alicyclic amines) is 1. The number of nitrogens with zero attached hydrogens (tertiary/aromatic N) is 2. The summed E-state index contributed by atoms with van der Waals surface area (Å²) in [5, 5.41) is 9.91. The first-order valence-electron chi connectivity index (χ1n) is 10.1. The molecule has 1 amide bonds. The van der Waals surface area contributed by atoms with E-state index in [4.69, 9.17) is 11.6 Å². The van der Waals surface area contributed by atoms with Gasteiger partial charge in [0, 0.05) is 35.7 Å². The molecule has 0 bridgehead atoms. The van der Waals surface area contributed by atoms with Crippen molar-refractivity contribution in [2.45, 2.75) is 45.4 Å². The van der Waals surface area contributed by atoms with Crippen LogP contribution in [0.5, 0.6) is 0 Å². The third kappa shape index (κ3) is 6.26. The number of rotatable bonds is 4. The van der Waals surface area contributed by atoms with Crippen LogP contribution in [-0.4, -0.2) is 29.6 Å². The fourth-order valence-electron chi connectivity index (χ4n) is 3.35. The Bertz CT molecular complexity index is 865. The van der Waals surface area contributed by atoms with E-state index in [1.54, 1.807) is 13.0 Å². The summed E-state index contributed by atoms with van der Waals surface area (Å²) < 4.78 is 0. The zero-order valence-electron chi connectivity index (χ0n) is 17.7. The Hall–Kier alpha value is -1.96. The molecule has 0 radical (unpaired) electrons. The molecular weight excluding hydrogens is 400 g/mol. The topological polar surface area (TPSA) is 44.1 Å². The number of benzene rings is 2. The minimum atomic E-state index is 0.180. The van der Waals surface area contributed by atoms with Gasteiger partial charge in [-0.15, -0.1) is 11.8 Å². The average Bonchev–Trinajstić information content (AvgIpc) is 2.74. The monoisotopic (exact) mass is 428 g/mol. The van der Waals surface area contributed by atoms with Crippen molar-refractivity contribution in [1.82, 2.24) is 4.90 Å². The molecule has 0 atom stereocenters. The number of hydrogen-bond donors (Lipinski definition) is 0. The van der Waals surface area contributed by atoms with Crippen molar-refractivity contribution >= 4 is 29.3 Å². The van der Waals surface area contributed by atoms with Crippen molar-refractivity contribution in [3.63, 3.8) is 0 Å². The molecule has 1 saturated heterocycles. The molecule has 0 spiro atoms. The van der Waals surface area contributed by atoms with Crippen LogP contribution in [0.1, 0.15) is 46.1 Å². The van der Waals surface area contributed by atoms with Gasteiger partial charge in [-0.1, -0.05) is 50.6 Å². The molecule has 0 N–H and O–H groups in total. The van der Waals surface area contributed by atoms with Crippen LogP contribution in [0.4, 0.5) is 0 Å². The van der Waals surface area contributed by atoms with Gasteiger partial charge in [0.25, 0.3) is 0 Å². The highest BCUT2D eigenvalue weighted by atomic mass is 35.5. The highest BCUT2D eigenvalue weighted by molar-refractivity contribution is 7.99. The van der Waals surface area contributed by atoms with Gasteiger partial charge in [0.1, 0.15) is 0 Å². The Morgan fingerprint density at radius 1 is 1.17 bits per heavy atom. The maximum absolute atomic E-state index is 11.5. The molecule has 0 saturated carbocycles. The smallest absolute Gasteiger partial charge is 0.219 e. The van der Waals surface area contributed by atoms with E-state index >= 15 is 0 Å². The maximum atomic E-state index is 11.5. The van der Waals surface area contributed by atoms with Gasteiger partial charge in [0.2, 0.25) is 5.91 Å². The highest BCUT2D eigenvalue weighted by Gasteiger charge is 2.30. The molecule has 1 heterocycles. The second-order valence-corrected chi connectivity index (χ2v) is 8.92. The number of halogens is 1. The Morgan fingerprint density at radius 3 is 2.34 bits per heavy atom. The third-order valence-corrected chi connectivity index (χ3v) is 6.95. The number of piperidine rings is 1. The normalized spacial score (nSPS) is 15.1. The van der Waals surface area contributed by atoms with Gasteiger partial charge < -0.3 is 4.90 Å². The molecule has 1 fully saturated rings. The summed E-state index contributed by atoms with van der Waals surface area (Å²) in [4.78, 5) is 14.7. The summed E-state index contributed by atoms with van der Waals surface area (Å²) >= 11 is 7.85. The fraction of sp³-hybridized carbons (Fsp3) is 0.417. The van der Waals surface area contributed by atoms with E-state index in [2.05, 4.69) is 37.3 Å². The Labute approximate surface area is 184 Å². The van der Waals surface area contributed by atoms with Gasteiger partial charge in [0.15, 0.2) is 0 Å². The number of amides is 1. The van der Waals surface area contributed by atoms with E-state index in [9.17, 15) is 10.1 Å². The number of thioether (sulfide) groups is 1. The predicted molar refractivity (Wildman–Crippen MR) is 123 cm³/mol. The van der Waals surface area contributed by atoms with Gasteiger partial charge in [-0.05, 0) is 53.6 Å². The van der Waals surface area contributed by atoms with Gasteiger partial charge in [0.05, 0.1) is 11.6 Å². The van der Waals surface area contributed by atoms with Crippen molar-refractivity contribution in [3.8, 4) is 17.2 Å². The lowest BCUT2D eigenvalue weighted by Crippen LogP contribution is -2.42. The number of carbonyl (C=O) groups is 1. The number of carbonyl (C=O) groups excluding carboxylic acids is 1. The first kappa shape index (κ1) is 23.3. The maximum Gasteiger partial charge on any atom is 0.219 e. The van der Waals surface area contributed by atoms with E-state index in [1.165, 1.54) is 4.90 Å². The van der Waals surface area contributed by atoms with Gasteiger partial charge >= 0.3 is 0 Å². The van der Waals surface area contributed by atoms with Crippen molar-refractivity contribution in [2.75, 3.05) is 18.8 Å². The summed E-state index contributed by atoms with van der Waals surface area (Å²) in [7, 11) is 0. The van der Waals surface area contributed by atoms with Crippen molar-refractivity contribution in [1.29, 1.82) is 5.26 Å². The molecule has 0 unspecified atom stereocenters. The quantitative estimate of drug-likeness (QED) is 0.512. The highest BCUT2D eigenvalue weighted by Crippen LogP contribution is 2.37. The van der Waals surface area contributed by atoms with Gasteiger partial charge in [-0.25, -0.2) is 0 Å². The Morgan fingerprint density at radius 2 is 1.79 bits per heavy atom. The van der Waals surface area contributed by atoms with Crippen LogP contribution in [0.2, 0.25) is 5.02 Å². The number of hydrogen-bond acceptors (Lipinski definition) is 3. The van der Waals surface area contributed by atoms with Crippen LogP contribution in [-0.2, 0) is 4.79 Å². The van der Waals surface area contributed by atoms with Crippen LogP contribution in [0.25, 0.3) is 11.1 Å². The molecule has 3 nitrogen and oxygen atoms in total. The Kier molecular flexibility index (Phi) is 8.61. The molecule has 154 valence electrons. The largest absolute Gasteiger partial charge is 0.343 e. The van der Waals surface area contributed by atoms with Crippen molar-refractivity contribution in [3.05, 3.63) is 53.1 Å². The van der Waals surface area contributed by atoms with E-state index in [0.717, 1.165) is 42.8 Å². The second-order valence-electron chi connectivity index (χ2n) is 7.43. The summed E-state index contributed by atoms with van der Waals surface area (Å²) in [6, 6.07) is 16.0. The van der Waals surface area contributed by atoms with Crippen LogP contribution in [0, 0.1) is 16.7 Å². The molecule has 29 heavy (non-hydrogen) atoms. The standard InChI is InChI=1S/C22H23ClN2OS.C2H6/c1-16(26)25-11-9-22(2,10-12-25)15-27-20-6-3-17(4-7-20)21-8-5-19(23)13-18(21)14-24;1-2/h3-8,13H,9-12,15H2,1-2H3;1-2H3. The average molecular weight is 429 g/mol. The molecule has 3 rings (SSSR count). The van der Waals surface area contributed by atoms with Crippen LogP contribution >= 0.6 is 23.4 Å². The SMILES string of the molecule is CC.CC(=O)N1CCC(C)(CSc2ccc(-c3ccc(Cl)cc3C#N)cc2)CC1. The first-order valence-corrected chi connectivity index (χ1v) is 11.4. The summed E-state index contributed by atoms with van der Waals surface area (Å²) in [6.07, 6.45) is 2.10. The van der Waals surface area contributed by atoms with E-state index in [-0.39, 0.29) is 11.3 Å². The zero-order chi connectivity index (χ0) is 21.4. The van der Waals surface area contributed by atoms with Crippen LogP contribution in [0.15, 0.2) is 47.4 Å². The van der Waals surface area contributed by atoms with Gasteiger partial charge in [-0.3, -0.25) is 4.79 Å². The molecule has 0 aromatic heterocycles. The lowest BCUT2D eigenvalue weighted by atomic mass is 9.82. The molecule has 5 heteroatoms. The summed E-state index contributed by atoms with van der Waals surface area (Å²) in [5.74, 6) is 1.22. The van der Waals surface area contributed by atoms with Crippen molar-refractivity contribution in [2.24, 2.45) is 5.41 Å². The Balaban J connectivity index is 0.00000145. The third-order valence-electron chi connectivity index (χ3n) is 5.27. The van der Waals surface area contributed by atoms with Crippen LogP contribution in [0.3, 0.4) is 0 Å². The van der Waals surface area contributed by atoms with E-state index in [1.807, 2.05) is 42.6 Å². The van der Waals surface area contributed by atoms with E-state index in [0.29, 0.717) is 10.6 Å². The molecule has 1 aliphatic rings. The molecule has 1 aliphatic heterocycles. The minimum Gasteiger partial charge on any atom is -0.343 e. The molecule has 2 aromatic carbocycles. The van der Waals surface area contributed by atoms with Crippen molar-refractivity contribution < 1.29 is 4.79 Å². The lowest BCUT2D eigenvalue weighted by Gasteiger charge is -2.39. The summed E-state index contributed by atoms with van der Waals surface area (Å²) in [6.45, 7) is 9.69. The van der Waals surface area contributed by atoms with Crippen LogP contribution < -0.4 is 0 Å². The summed E-state index contributed by atoms with van der Waals surface area (Å²) in [5.41, 5.74) is 2.78. The fourth-order valence-corrected chi connectivity index (χ4v) is 4.66. The predicted octanol–water partition coefficient (Wildman–Crippen LogP) is 6.65. The van der Waals surface area contributed by atoms with Gasteiger partial charge in [-0.2, -0.15) is 5.26 Å².